The lowest BCUT2D eigenvalue weighted by atomic mass is 10.5. The summed E-state index contributed by atoms with van der Waals surface area (Å²) in [6.45, 7) is 8.62. The highest BCUT2D eigenvalue weighted by Crippen LogP contribution is 2.15. The molecule has 0 fully saturated rings. The van der Waals surface area contributed by atoms with Crippen molar-refractivity contribution in [1.82, 2.24) is 10.2 Å². The van der Waals surface area contributed by atoms with Crippen molar-refractivity contribution < 1.29 is 9.47 Å². The van der Waals surface area contributed by atoms with Gasteiger partial charge in [0.05, 0.1) is 19.3 Å². The van der Waals surface area contributed by atoms with Crippen LogP contribution in [0, 0.1) is 0 Å². The Labute approximate surface area is 100 Å². The molecule has 0 spiro atoms. The second-order valence-corrected chi connectivity index (χ2v) is 4.57. The van der Waals surface area contributed by atoms with Gasteiger partial charge >= 0.3 is 0 Å². The fraction of sp³-hybridized carbons (Fsp3) is 0.800. The normalized spacial score (nSPS) is 11.0. The quantitative estimate of drug-likeness (QED) is 0.709. The molecule has 6 heteroatoms. The zero-order chi connectivity index (χ0) is 11.8. The first-order valence-corrected chi connectivity index (χ1v) is 6.29. The predicted octanol–water partition coefficient (Wildman–Crippen LogP) is 1.91. The van der Waals surface area contributed by atoms with Gasteiger partial charge in [-0.2, -0.15) is 0 Å². The Bertz CT molecular complexity index is 291. The van der Waals surface area contributed by atoms with Crippen LogP contribution in [0.4, 0.5) is 5.13 Å². The Morgan fingerprint density at radius 2 is 2.12 bits per heavy atom. The Morgan fingerprint density at radius 3 is 2.81 bits per heavy atom. The van der Waals surface area contributed by atoms with Crippen molar-refractivity contribution in [2.45, 2.75) is 33.5 Å². The minimum Gasteiger partial charge on any atom is -0.376 e. The highest BCUT2D eigenvalue weighted by molar-refractivity contribution is 7.15. The van der Waals surface area contributed by atoms with E-state index in [1.54, 1.807) is 0 Å². The third kappa shape index (κ3) is 5.39. The van der Waals surface area contributed by atoms with Gasteiger partial charge in [0, 0.05) is 6.54 Å². The highest BCUT2D eigenvalue weighted by atomic mass is 32.1. The summed E-state index contributed by atoms with van der Waals surface area (Å²) in [5.41, 5.74) is 0. The number of nitrogens with one attached hydrogen (secondary N) is 1. The lowest BCUT2D eigenvalue weighted by Crippen LogP contribution is -2.09. The van der Waals surface area contributed by atoms with Crippen LogP contribution in [-0.2, 0) is 16.1 Å². The summed E-state index contributed by atoms with van der Waals surface area (Å²) in [6.07, 6.45) is 0.255. The van der Waals surface area contributed by atoms with Gasteiger partial charge in [0.15, 0.2) is 0 Å². The molecule has 0 saturated carbocycles. The molecule has 1 aromatic rings. The average molecular weight is 245 g/mol. The van der Waals surface area contributed by atoms with Gasteiger partial charge in [-0.1, -0.05) is 11.3 Å². The summed E-state index contributed by atoms with van der Waals surface area (Å²) in [7, 11) is 0. The topological polar surface area (TPSA) is 56.3 Å². The van der Waals surface area contributed by atoms with E-state index in [9.17, 15) is 0 Å². The largest absolute Gasteiger partial charge is 0.376 e. The molecule has 0 unspecified atom stereocenters. The van der Waals surface area contributed by atoms with Crippen LogP contribution in [0.25, 0.3) is 0 Å². The smallest absolute Gasteiger partial charge is 0.205 e. The van der Waals surface area contributed by atoms with Crippen molar-refractivity contribution in [2.75, 3.05) is 25.1 Å². The Kier molecular flexibility index (Phi) is 6.29. The number of aromatic nitrogens is 2. The van der Waals surface area contributed by atoms with E-state index in [1.807, 2.05) is 20.8 Å². The van der Waals surface area contributed by atoms with Crippen LogP contribution in [0.1, 0.15) is 25.8 Å². The van der Waals surface area contributed by atoms with Crippen LogP contribution >= 0.6 is 11.3 Å². The maximum Gasteiger partial charge on any atom is 0.205 e. The van der Waals surface area contributed by atoms with E-state index in [1.165, 1.54) is 11.3 Å². The molecular formula is C10H19N3O2S. The number of anilines is 1. The van der Waals surface area contributed by atoms with Crippen molar-refractivity contribution in [3.05, 3.63) is 5.01 Å². The fourth-order valence-corrected chi connectivity index (χ4v) is 1.78. The van der Waals surface area contributed by atoms with Crippen LogP contribution < -0.4 is 5.32 Å². The van der Waals surface area contributed by atoms with Gasteiger partial charge in [0.2, 0.25) is 5.13 Å². The first kappa shape index (κ1) is 13.3. The van der Waals surface area contributed by atoms with E-state index >= 15 is 0 Å². The van der Waals surface area contributed by atoms with E-state index < -0.39 is 0 Å². The number of rotatable bonds is 8. The predicted molar refractivity (Wildman–Crippen MR) is 64.8 cm³/mol. The third-order valence-electron chi connectivity index (χ3n) is 1.70. The lowest BCUT2D eigenvalue weighted by molar-refractivity contribution is 0.0141. The van der Waals surface area contributed by atoms with E-state index in [-0.39, 0.29) is 6.10 Å². The molecule has 0 atom stereocenters. The van der Waals surface area contributed by atoms with Crippen molar-refractivity contribution in [3.63, 3.8) is 0 Å². The van der Waals surface area contributed by atoms with Crippen molar-refractivity contribution in [1.29, 1.82) is 0 Å². The van der Waals surface area contributed by atoms with Gasteiger partial charge in [-0.25, -0.2) is 0 Å². The van der Waals surface area contributed by atoms with E-state index in [0.29, 0.717) is 19.8 Å². The molecule has 0 bridgehead atoms. The molecule has 0 aliphatic heterocycles. The van der Waals surface area contributed by atoms with Crippen LogP contribution in [0.5, 0.6) is 0 Å². The van der Waals surface area contributed by atoms with Gasteiger partial charge < -0.3 is 14.8 Å². The highest BCUT2D eigenvalue weighted by Gasteiger charge is 2.02. The Balaban J connectivity index is 2.12. The summed E-state index contributed by atoms with van der Waals surface area (Å²) in [4.78, 5) is 0. The zero-order valence-corrected chi connectivity index (χ0v) is 10.8. The summed E-state index contributed by atoms with van der Waals surface area (Å²) >= 11 is 1.52. The molecule has 92 valence electrons. The maximum atomic E-state index is 5.42. The van der Waals surface area contributed by atoms with E-state index in [2.05, 4.69) is 15.5 Å². The molecule has 16 heavy (non-hydrogen) atoms. The molecule has 1 rings (SSSR count). The number of nitrogens with zero attached hydrogens (tertiary/aromatic N) is 2. The summed E-state index contributed by atoms with van der Waals surface area (Å²) < 4.78 is 10.8. The van der Waals surface area contributed by atoms with Crippen molar-refractivity contribution >= 4 is 16.5 Å². The van der Waals surface area contributed by atoms with Crippen LogP contribution in [-0.4, -0.2) is 36.1 Å². The third-order valence-corrected chi connectivity index (χ3v) is 2.55. The lowest BCUT2D eigenvalue weighted by Gasteiger charge is -2.06. The summed E-state index contributed by atoms with van der Waals surface area (Å²) in [5.74, 6) is 0. The molecule has 5 nitrogen and oxygen atoms in total. The molecule has 1 aromatic heterocycles. The van der Waals surface area contributed by atoms with E-state index in [4.69, 9.17) is 9.47 Å². The number of hydrogen-bond acceptors (Lipinski definition) is 6. The molecule has 0 amide bonds. The number of ether oxygens (including phenoxy) is 2. The minimum absolute atomic E-state index is 0.255. The standard InChI is InChI=1S/C10H19N3O2S/c1-4-11-10-13-12-9(16-10)7-14-5-6-15-8(2)3/h8H,4-7H2,1-3H3,(H,11,13). The molecule has 1 heterocycles. The molecule has 0 aromatic carbocycles. The summed E-state index contributed by atoms with van der Waals surface area (Å²) in [5, 5.41) is 12.8. The van der Waals surface area contributed by atoms with Gasteiger partial charge in [-0.15, -0.1) is 10.2 Å². The minimum atomic E-state index is 0.255. The molecule has 0 radical (unpaired) electrons. The molecule has 0 aliphatic carbocycles. The van der Waals surface area contributed by atoms with E-state index in [0.717, 1.165) is 16.7 Å². The monoisotopic (exact) mass is 245 g/mol. The maximum absolute atomic E-state index is 5.42. The molecule has 1 N–H and O–H groups in total. The van der Waals surface area contributed by atoms with Gasteiger partial charge in [-0.05, 0) is 20.8 Å². The van der Waals surface area contributed by atoms with Crippen LogP contribution in [0.3, 0.4) is 0 Å². The molecule has 0 saturated heterocycles. The fourth-order valence-electron chi connectivity index (χ4n) is 1.04. The van der Waals surface area contributed by atoms with Gasteiger partial charge in [0.1, 0.15) is 11.6 Å². The van der Waals surface area contributed by atoms with Crippen LogP contribution in [0.2, 0.25) is 0 Å². The van der Waals surface area contributed by atoms with Crippen molar-refractivity contribution in [3.8, 4) is 0 Å². The second kappa shape index (κ2) is 7.54. The first-order valence-electron chi connectivity index (χ1n) is 5.48. The Hall–Kier alpha value is -0.720. The average Bonchev–Trinajstić information content (AvgIpc) is 2.65. The molecule has 0 aliphatic rings. The Morgan fingerprint density at radius 1 is 1.31 bits per heavy atom. The molecular weight excluding hydrogens is 226 g/mol. The number of hydrogen-bond donors (Lipinski definition) is 1. The zero-order valence-electron chi connectivity index (χ0n) is 10.0. The van der Waals surface area contributed by atoms with Gasteiger partial charge in [-0.3, -0.25) is 0 Å². The van der Waals surface area contributed by atoms with Crippen molar-refractivity contribution in [2.24, 2.45) is 0 Å². The van der Waals surface area contributed by atoms with Gasteiger partial charge in [0.25, 0.3) is 0 Å². The first-order chi connectivity index (χ1) is 7.72. The van der Waals surface area contributed by atoms with Crippen LogP contribution in [0.15, 0.2) is 0 Å². The SMILES string of the molecule is CCNc1nnc(COCCOC(C)C)s1. The summed E-state index contributed by atoms with van der Waals surface area (Å²) in [6, 6.07) is 0. The second-order valence-electron chi connectivity index (χ2n) is 3.50.